The Labute approximate surface area is 117 Å². The monoisotopic (exact) mass is 273 g/mol. The van der Waals surface area contributed by atoms with Crippen LogP contribution < -0.4 is 10.6 Å². The average molecular weight is 273 g/mol. The summed E-state index contributed by atoms with van der Waals surface area (Å²) in [5.41, 5.74) is 1.08. The average Bonchev–Trinajstić information content (AvgIpc) is 2.47. The molecular weight excluding hydrogens is 257 g/mol. The van der Waals surface area contributed by atoms with Gasteiger partial charge in [0.15, 0.2) is 0 Å². The van der Waals surface area contributed by atoms with Gasteiger partial charge in [0.25, 0.3) is 5.91 Å². The van der Waals surface area contributed by atoms with Crippen molar-refractivity contribution in [2.45, 2.75) is 13.3 Å². The fourth-order valence-electron chi connectivity index (χ4n) is 1.78. The Hall–Kier alpha value is -2.43. The van der Waals surface area contributed by atoms with Crippen LogP contribution in [0.5, 0.6) is 0 Å². The summed E-state index contributed by atoms with van der Waals surface area (Å²) in [7, 11) is 0. The minimum Gasteiger partial charge on any atom is -0.382 e. The molecule has 2 N–H and O–H groups in total. The molecule has 1 heterocycles. The van der Waals surface area contributed by atoms with Gasteiger partial charge in [-0.1, -0.05) is 13.0 Å². The molecule has 20 heavy (non-hydrogen) atoms. The van der Waals surface area contributed by atoms with Gasteiger partial charge >= 0.3 is 0 Å². The van der Waals surface area contributed by atoms with E-state index in [1.807, 2.05) is 6.92 Å². The van der Waals surface area contributed by atoms with Crippen LogP contribution in [0.2, 0.25) is 0 Å². The van der Waals surface area contributed by atoms with Crippen LogP contribution in [0.15, 0.2) is 42.7 Å². The molecule has 4 nitrogen and oxygen atoms in total. The van der Waals surface area contributed by atoms with Crippen LogP contribution in [0.25, 0.3) is 0 Å². The molecule has 0 aliphatic heterocycles. The number of nitrogens with one attached hydrogen (secondary N) is 2. The Kier molecular flexibility index (Phi) is 4.65. The molecule has 0 fully saturated rings. The largest absolute Gasteiger partial charge is 0.382 e. The lowest BCUT2D eigenvalue weighted by atomic mass is 10.1. The second-order valence-corrected chi connectivity index (χ2v) is 4.28. The van der Waals surface area contributed by atoms with Gasteiger partial charge in [0.2, 0.25) is 0 Å². The third-order valence-corrected chi connectivity index (χ3v) is 2.73. The SMILES string of the molecule is CCCNc1c(F)cccc1C(=O)Nc1cccnc1. The fourth-order valence-corrected chi connectivity index (χ4v) is 1.78. The van der Waals surface area contributed by atoms with Crippen molar-refractivity contribution in [2.24, 2.45) is 0 Å². The van der Waals surface area contributed by atoms with E-state index in [0.717, 1.165) is 6.42 Å². The highest BCUT2D eigenvalue weighted by molar-refractivity contribution is 6.08. The zero-order valence-electron chi connectivity index (χ0n) is 11.2. The van der Waals surface area contributed by atoms with Crippen molar-refractivity contribution in [3.63, 3.8) is 0 Å². The molecule has 2 aromatic rings. The van der Waals surface area contributed by atoms with Gasteiger partial charge in [0.05, 0.1) is 23.1 Å². The lowest BCUT2D eigenvalue weighted by molar-refractivity contribution is 0.102. The van der Waals surface area contributed by atoms with E-state index in [4.69, 9.17) is 0 Å². The highest BCUT2D eigenvalue weighted by Crippen LogP contribution is 2.21. The van der Waals surface area contributed by atoms with E-state index in [9.17, 15) is 9.18 Å². The number of benzene rings is 1. The summed E-state index contributed by atoms with van der Waals surface area (Å²) in [5.74, 6) is -0.798. The maximum absolute atomic E-state index is 13.8. The van der Waals surface area contributed by atoms with Crippen LogP contribution in [0.3, 0.4) is 0 Å². The summed E-state index contributed by atoms with van der Waals surface area (Å²) >= 11 is 0. The molecule has 104 valence electrons. The van der Waals surface area contributed by atoms with E-state index < -0.39 is 5.82 Å². The summed E-state index contributed by atoms with van der Waals surface area (Å²) in [6.45, 7) is 2.58. The summed E-state index contributed by atoms with van der Waals surface area (Å²) in [5, 5.41) is 5.64. The highest BCUT2D eigenvalue weighted by atomic mass is 19.1. The van der Waals surface area contributed by atoms with Crippen molar-refractivity contribution in [1.29, 1.82) is 0 Å². The van der Waals surface area contributed by atoms with Crippen molar-refractivity contribution in [2.75, 3.05) is 17.2 Å². The number of hydrogen-bond acceptors (Lipinski definition) is 3. The van der Waals surface area contributed by atoms with Gasteiger partial charge in [-0.05, 0) is 30.7 Å². The number of carbonyl (C=O) groups excluding carboxylic acids is 1. The summed E-state index contributed by atoms with van der Waals surface area (Å²) in [6.07, 6.45) is 4.00. The zero-order valence-corrected chi connectivity index (χ0v) is 11.2. The zero-order chi connectivity index (χ0) is 14.4. The first-order valence-corrected chi connectivity index (χ1v) is 6.46. The second-order valence-electron chi connectivity index (χ2n) is 4.28. The van der Waals surface area contributed by atoms with E-state index in [1.54, 1.807) is 24.4 Å². The van der Waals surface area contributed by atoms with Crippen LogP contribution >= 0.6 is 0 Å². The first kappa shape index (κ1) is 14.0. The summed E-state index contributed by atoms with van der Waals surface area (Å²) in [6, 6.07) is 7.89. The Morgan fingerprint density at radius 1 is 1.30 bits per heavy atom. The molecule has 0 aliphatic carbocycles. The highest BCUT2D eigenvalue weighted by Gasteiger charge is 2.14. The Balaban J connectivity index is 2.23. The number of pyridine rings is 1. The maximum Gasteiger partial charge on any atom is 0.257 e. The predicted molar refractivity (Wildman–Crippen MR) is 77.4 cm³/mol. The molecule has 0 atom stereocenters. The van der Waals surface area contributed by atoms with Gasteiger partial charge in [-0.3, -0.25) is 9.78 Å². The van der Waals surface area contributed by atoms with Gasteiger partial charge < -0.3 is 10.6 Å². The quantitative estimate of drug-likeness (QED) is 0.879. The van der Waals surface area contributed by atoms with Crippen molar-refractivity contribution in [3.05, 3.63) is 54.1 Å². The molecule has 1 amide bonds. The molecule has 1 aromatic heterocycles. The van der Waals surface area contributed by atoms with E-state index in [1.165, 1.54) is 18.3 Å². The van der Waals surface area contributed by atoms with Gasteiger partial charge in [0, 0.05) is 12.7 Å². The summed E-state index contributed by atoms with van der Waals surface area (Å²) < 4.78 is 13.8. The maximum atomic E-state index is 13.8. The number of anilines is 2. The smallest absolute Gasteiger partial charge is 0.257 e. The van der Waals surface area contributed by atoms with Crippen LogP contribution in [0, 0.1) is 5.82 Å². The van der Waals surface area contributed by atoms with Crippen molar-refractivity contribution in [1.82, 2.24) is 4.98 Å². The van der Waals surface area contributed by atoms with Gasteiger partial charge in [-0.15, -0.1) is 0 Å². The molecule has 0 spiro atoms. The summed E-state index contributed by atoms with van der Waals surface area (Å²) in [4.78, 5) is 16.1. The van der Waals surface area contributed by atoms with Gasteiger partial charge in [-0.2, -0.15) is 0 Å². The second kappa shape index (κ2) is 6.65. The molecule has 0 radical (unpaired) electrons. The standard InChI is InChI=1S/C15H16FN3O/c1-2-8-18-14-12(6-3-7-13(14)16)15(20)19-11-5-4-9-17-10-11/h3-7,9-10,18H,2,8H2,1H3,(H,19,20). The Morgan fingerprint density at radius 3 is 2.85 bits per heavy atom. The molecule has 0 saturated heterocycles. The lowest BCUT2D eigenvalue weighted by Gasteiger charge is -2.12. The Bertz CT molecular complexity index is 587. The number of aromatic nitrogens is 1. The molecule has 1 aromatic carbocycles. The van der Waals surface area contributed by atoms with Crippen LogP contribution in [-0.4, -0.2) is 17.4 Å². The fraction of sp³-hybridized carbons (Fsp3) is 0.200. The first-order chi connectivity index (χ1) is 9.72. The van der Waals surface area contributed by atoms with Crippen LogP contribution in [0.1, 0.15) is 23.7 Å². The minimum absolute atomic E-state index is 0.232. The first-order valence-electron chi connectivity index (χ1n) is 6.46. The van der Waals surface area contributed by atoms with E-state index in [0.29, 0.717) is 12.2 Å². The number of nitrogens with zero attached hydrogens (tertiary/aromatic N) is 1. The van der Waals surface area contributed by atoms with Gasteiger partial charge in [-0.25, -0.2) is 4.39 Å². The topological polar surface area (TPSA) is 54.0 Å². The molecule has 2 rings (SSSR count). The normalized spacial score (nSPS) is 10.1. The predicted octanol–water partition coefficient (Wildman–Crippen LogP) is 3.29. The number of halogens is 1. The third-order valence-electron chi connectivity index (χ3n) is 2.73. The van der Waals surface area contributed by atoms with Gasteiger partial charge in [0.1, 0.15) is 5.82 Å². The van der Waals surface area contributed by atoms with Crippen LogP contribution in [-0.2, 0) is 0 Å². The number of carbonyl (C=O) groups is 1. The molecule has 0 bridgehead atoms. The van der Waals surface area contributed by atoms with Crippen molar-refractivity contribution < 1.29 is 9.18 Å². The molecule has 0 unspecified atom stereocenters. The molecular formula is C15H16FN3O. The third kappa shape index (κ3) is 3.32. The lowest BCUT2D eigenvalue weighted by Crippen LogP contribution is -2.16. The Morgan fingerprint density at radius 2 is 2.15 bits per heavy atom. The number of para-hydroxylation sites is 1. The molecule has 0 saturated carbocycles. The van der Waals surface area contributed by atoms with Crippen LogP contribution in [0.4, 0.5) is 15.8 Å². The number of hydrogen-bond donors (Lipinski definition) is 2. The number of rotatable bonds is 5. The molecule has 0 aliphatic rings. The van der Waals surface area contributed by atoms with E-state index >= 15 is 0 Å². The minimum atomic E-state index is -0.433. The van der Waals surface area contributed by atoms with Crippen molar-refractivity contribution >= 4 is 17.3 Å². The molecule has 5 heteroatoms. The van der Waals surface area contributed by atoms with E-state index in [2.05, 4.69) is 15.6 Å². The van der Waals surface area contributed by atoms with E-state index in [-0.39, 0.29) is 17.2 Å². The number of amides is 1. The van der Waals surface area contributed by atoms with Crippen molar-refractivity contribution in [3.8, 4) is 0 Å².